The molecule has 0 unspecified atom stereocenters. The Balaban J connectivity index is 2.09. The molecule has 0 spiro atoms. The summed E-state index contributed by atoms with van der Waals surface area (Å²) in [5, 5.41) is 10.6. The number of carboxylic acid groups (broad SMARTS) is 1. The Labute approximate surface area is 121 Å². The summed E-state index contributed by atoms with van der Waals surface area (Å²) in [5.74, 6) is -0.877. The number of para-hydroxylation sites is 1. The molecule has 1 aliphatic rings. The molecule has 0 fully saturated rings. The van der Waals surface area contributed by atoms with Gasteiger partial charge in [0.15, 0.2) is 0 Å². The highest BCUT2D eigenvalue weighted by atomic mass is 16.4. The highest BCUT2D eigenvalue weighted by Gasteiger charge is 2.21. The maximum absolute atomic E-state index is 11.5. The van der Waals surface area contributed by atoms with Crippen LogP contribution in [0.15, 0.2) is 60.7 Å². The maximum atomic E-state index is 11.5. The number of allylic oxidation sites excluding steroid dienone is 1. The number of nitrogens with zero attached hydrogens (tertiary/aromatic N) is 1. The number of hydrogen-bond donors (Lipinski definition) is 1. The Morgan fingerprint density at radius 1 is 1.00 bits per heavy atom. The van der Waals surface area contributed by atoms with Crippen LogP contribution in [-0.2, 0) is 11.3 Å². The van der Waals surface area contributed by atoms with E-state index in [-0.39, 0.29) is 0 Å². The average Bonchev–Trinajstić information content (AvgIpc) is 2.78. The Kier molecular flexibility index (Phi) is 2.48. The van der Waals surface area contributed by atoms with Gasteiger partial charge in [-0.15, -0.1) is 0 Å². The largest absolute Gasteiger partial charge is 0.478 e. The molecule has 0 bridgehead atoms. The molecule has 0 radical (unpaired) electrons. The van der Waals surface area contributed by atoms with Gasteiger partial charge in [0, 0.05) is 23.0 Å². The standard InChI is InChI=1S/C18H13NO2/c20-18(21)15-9-10-19-16-8-4-1-5-12(16)11-17(19)14-7-3-2-6-13(14)15/h1-9,11H,10H2,(H,20,21). The lowest BCUT2D eigenvalue weighted by Gasteiger charge is -2.08. The van der Waals surface area contributed by atoms with Crippen molar-refractivity contribution in [3.63, 3.8) is 0 Å². The molecular formula is C18H13NO2. The molecule has 4 rings (SSSR count). The van der Waals surface area contributed by atoms with Gasteiger partial charge in [0.2, 0.25) is 0 Å². The molecule has 1 aromatic heterocycles. The first-order valence-corrected chi connectivity index (χ1v) is 6.87. The van der Waals surface area contributed by atoms with Crippen molar-refractivity contribution >= 4 is 22.4 Å². The Morgan fingerprint density at radius 3 is 2.52 bits per heavy atom. The third kappa shape index (κ3) is 1.71. The molecule has 102 valence electrons. The van der Waals surface area contributed by atoms with Crippen molar-refractivity contribution in [3.8, 4) is 11.3 Å². The summed E-state index contributed by atoms with van der Waals surface area (Å²) < 4.78 is 2.17. The Bertz CT molecular complexity index is 902. The normalized spacial score (nSPS) is 13.2. The van der Waals surface area contributed by atoms with E-state index in [0.717, 1.165) is 22.3 Å². The minimum absolute atomic E-state index is 0.374. The first-order valence-electron chi connectivity index (χ1n) is 6.87. The third-order valence-corrected chi connectivity index (χ3v) is 4.01. The van der Waals surface area contributed by atoms with Crippen LogP contribution in [0.2, 0.25) is 0 Å². The second-order valence-electron chi connectivity index (χ2n) is 5.17. The van der Waals surface area contributed by atoms with Crippen LogP contribution < -0.4 is 0 Å². The number of carbonyl (C=O) groups is 1. The van der Waals surface area contributed by atoms with Crippen LogP contribution in [0.3, 0.4) is 0 Å². The molecule has 0 atom stereocenters. The van der Waals surface area contributed by atoms with Gasteiger partial charge < -0.3 is 9.67 Å². The van der Waals surface area contributed by atoms with Crippen LogP contribution in [0.5, 0.6) is 0 Å². The van der Waals surface area contributed by atoms with Crippen LogP contribution in [0, 0.1) is 0 Å². The first kappa shape index (κ1) is 12.0. The molecule has 21 heavy (non-hydrogen) atoms. The molecule has 2 heterocycles. The molecule has 3 heteroatoms. The van der Waals surface area contributed by atoms with Gasteiger partial charge in [-0.2, -0.15) is 0 Å². The predicted octanol–water partition coefficient (Wildman–Crippen LogP) is 3.79. The second-order valence-corrected chi connectivity index (χ2v) is 5.17. The van der Waals surface area contributed by atoms with E-state index in [2.05, 4.69) is 22.8 Å². The van der Waals surface area contributed by atoms with E-state index >= 15 is 0 Å². The number of aromatic nitrogens is 1. The quantitative estimate of drug-likeness (QED) is 0.734. The zero-order valence-corrected chi connectivity index (χ0v) is 11.3. The highest BCUT2D eigenvalue weighted by Crippen LogP contribution is 2.36. The van der Waals surface area contributed by atoms with Gasteiger partial charge in [-0.3, -0.25) is 0 Å². The van der Waals surface area contributed by atoms with Crippen LogP contribution in [0.4, 0.5) is 0 Å². The van der Waals surface area contributed by atoms with E-state index in [1.807, 2.05) is 36.4 Å². The number of fused-ring (bicyclic) bond motifs is 5. The SMILES string of the molecule is O=C(O)C1=CCn2c(cc3ccccc32)-c2ccccc21. The zero-order chi connectivity index (χ0) is 14.4. The number of hydrogen-bond acceptors (Lipinski definition) is 1. The molecule has 2 aromatic carbocycles. The van der Waals surface area contributed by atoms with Crippen molar-refractivity contribution in [1.82, 2.24) is 4.57 Å². The molecule has 3 aromatic rings. The van der Waals surface area contributed by atoms with E-state index in [1.54, 1.807) is 6.08 Å². The summed E-state index contributed by atoms with van der Waals surface area (Å²) in [6, 6.07) is 18.0. The number of benzene rings is 2. The van der Waals surface area contributed by atoms with E-state index in [1.165, 1.54) is 5.39 Å². The minimum Gasteiger partial charge on any atom is -0.478 e. The molecular weight excluding hydrogens is 262 g/mol. The van der Waals surface area contributed by atoms with Crippen molar-refractivity contribution in [2.45, 2.75) is 6.54 Å². The van der Waals surface area contributed by atoms with Crippen molar-refractivity contribution in [2.75, 3.05) is 0 Å². The van der Waals surface area contributed by atoms with Gasteiger partial charge >= 0.3 is 5.97 Å². The van der Waals surface area contributed by atoms with Gasteiger partial charge in [-0.25, -0.2) is 4.79 Å². The van der Waals surface area contributed by atoms with Crippen LogP contribution in [0.25, 0.3) is 27.7 Å². The fraction of sp³-hybridized carbons (Fsp3) is 0.0556. The van der Waals surface area contributed by atoms with Crippen molar-refractivity contribution in [3.05, 3.63) is 66.2 Å². The van der Waals surface area contributed by atoms with Gasteiger partial charge in [0.05, 0.1) is 11.3 Å². The maximum Gasteiger partial charge on any atom is 0.336 e. The van der Waals surface area contributed by atoms with E-state index < -0.39 is 5.97 Å². The lowest BCUT2D eigenvalue weighted by atomic mass is 9.98. The number of carboxylic acids is 1. The molecule has 1 aliphatic heterocycles. The minimum atomic E-state index is -0.877. The topological polar surface area (TPSA) is 42.2 Å². The number of aliphatic carboxylic acids is 1. The van der Waals surface area contributed by atoms with E-state index in [9.17, 15) is 9.90 Å². The van der Waals surface area contributed by atoms with Crippen molar-refractivity contribution in [2.24, 2.45) is 0 Å². The van der Waals surface area contributed by atoms with Crippen LogP contribution in [-0.4, -0.2) is 15.6 Å². The lowest BCUT2D eigenvalue weighted by molar-refractivity contribution is -0.130. The smallest absolute Gasteiger partial charge is 0.336 e. The van der Waals surface area contributed by atoms with Crippen LogP contribution in [0.1, 0.15) is 5.56 Å². The monoisotopic (exact) mass is 275 g/mol. The summed E-state index contributed by atoms with van der Waals surface area (Å²) in [4.78, 5) is 11.5. The fourth-order valence-corrected chi connectivity index (χ4v) is 3.07. The molecule has 0 amide bonds. The highest BCUT2D eigenvalue weighted by molar-refractivity contribution is 6.17. The van der Waals surface area contributed by atoms with Gasteiger partial charge in [0.25, 0.3) is 0 Å². The van der Waals surface area contributed by atoms with Crippen molar-refractivity contribution < 1.29 is 9.90 Å². The Hall–Kier alpha value is -2.81. The molecule has 0 aliphatic carbocycles. The van der Waals surface area contributed by atoms with E-state index in [0.29, 0.717) is 12.1 Å². The predicted molar refractivity (Wildman–Crippen MR) is 83.0 cm³/mol. The molecule has 0 saturated carbocycles. The van der Waals surface area contributed by atoms with Gasteiger partial charge in [-0.1, -0.05) is 42.5 Å². The first-order chi connectivity index (χ1) is 10.3. The fourth-order valence-electron chi connectivity index (χ4n) is 3.07. The van der Waals surface area contributed by atoms with Gasteiger partial charge in [0.1, 0.15) is 0 Å². The summed E-state index contributed by atoms with van der Waals surface area (Å²) in [6.07, 6.45) is 1.80. The summed E-state index contributed by atoms with van der Waals surface area (Å²) in [7, 11) is 0. The second kappa shape index (κ2) is 4.35. The van der Waals surface area contributed by atoms with Crippen LogP contribution >= 0.6 is 0 Å². The lowest BCUT2D eigenvalue weighted by Crippen LogP contribution is -2.00. The summed E-state index contributed by atoms with van der Waals surface area (Å²) >= 11 is 0. The van der Waals surface area contributed by atoms with Gasteiger partial charge in [-0.05, 0) is 23.8 Å². The van der Waals surface area contributed by atoms with E-state index in [4.69, 9.17) is 0 Å². The third-order valence-electron chi connectivity index (χ3n) is 4.01. The summed E-state index contributed by atoms with van der Waals surface area (Å²) in [5.41, 5.74) is 4.33. The molecule has 3 nitrogen and oxygen atoms in total. The van der Waals surface area contributed by atoms with Crippen molar-refractivity contribution in [1.29, 1.82) is 0 Å². The average molecular weight is 275 g/mol. The number of rotatable bonds is 1. The molecule has 1 N–H and O–H groups in total. The summed E-state index contributed by atoms with van der Waals surface area (Å²) in [6.45, 7) is 0.569. The zero-order valence-electron chi connectivity index (χ0n) is 11.3. The molecule has 0 saturated heterocycles. The Morgan fingerprint density at radius 2 is 1.71 bits per heavy atom.